The smallest absolute Gasteiger partial charge is 0.273 e. The van der Waals surface area contributed by atoms with Crippen LogP contribution in [0.15, 0.2) is 53.3 Å². The molecular formula is C23H27N5O2. The van der Waals surface area contributed by atoms with Crippen molar-refractivity contribution in [3.8, 4) is 0 Å². The lowest BCUT2D eigenvalue weighted by molar-refractivity contribution is 0.0945. The summed E-state index contributed by atoms with van der Waals surface area (Å²) in [7, 11) is 0. The third kappa shape index (κ3) is 4.86. The molecule has 30 heavy (non-hydrogen) atoms. The monoisotopic (exact) mass is 405 g/mol. The molecular weight excluding hydrogens is 378 g/mol. The van der Waals surface area contributed by atoms with E-state index < -0.39 is 0 Å². The highest BCUT2D eigenvalue weighted by Gasteiger charge is 2.20. The van der Waals surface area contributed by atoms with Crippen LogP contribution in [0.2, 0.25) is 0 Å². The van der Waals surface area contributed by atoms with Crippen LogP contribution < -0.4 is 10.2 Å². The molecule has 3 heterocycles. The summed E-state index contributed by atoms with van der Waals surface area (Å²) < 4.78 is 5.54. The van der Waals surface area contributed by atoms with Crippen molar-refractivity contribution in [2.75, 3.05) is 31.1 Å². The van der Waals surface area contributed by atoms with Gasteiger partial charge in [0.1, 0.15) is 6.26 Å². The Morgan fingerprint density at radius 3 is 2.67 bits per heavy atom. The van der Waals surface area contributed by atoms with Crippen LogP contribution in [0.4, 0.5) is 5.69 Å². The number of oxazole rings is 1. The standard InChI is InChI=1S/C23H27N5O2/c1-17-6-7-20(13-18(17)2)28-11-9-27(10-12-28)15-22-26-21(16-30-22)23(29)25-14-19-5-3-4-8-24-19/h3-8,13,16H,9-12,14-15H2,1-2H3,(H,25,29). The maximum Gasteiger partial charge on any atom is 0.273 e. The Kier molecular flexibility index (Phi) is 6.09. The van der Waals surface area contributed by atoms with E-state index in [0.29, 0.717) is 24.7 Å². The van der Waals surface area contributed by atoms with E-state index in [2.05, 4.69) is 57.1 Å². The van der Waals surface area contributed by atoms with Gasteiger partial charge in [0.05, 0.1) is 18.8 Å². The lowest BCUT2D eigenvalue weighted by Gasteiger charge is -2.35. The van der Waals surface area contributed by atoms with E-state index in [9.17, 15) is 4.79 Å². The molecule has 0 spiro atoms. The molecule has 4 rings (SSSR count). The number of nitrogens with one attached hydrogen (secondary N) is 1. The number of carbonyl (C=O) groups excluding carboxylic acids is 1. The second-order valence-corrected chi connectivity index (χ2v) is 7.66. The second kappa shape index (κ2) is 9.09. The van der Waals surface area contributed by atoms with Crippen molar-refractivity contribution < 1.29 is 9.21 Å². The van der Waals surface area contributed by atoms with Crippen molar-refractivity contribution in [3.05, 3.63) is 77.3 Å². The second-order valence-electron chi connectivity index (χ2n) is 7.66. The van der Waals surface area contributed by atoms with Gasteiger partial charge < -0.3 is 14.6 Å². The number of nitrogens with zero attached hydrogens (tertiary/aromatic N) is 4. The SMILES string of the molecule is Cc1ccc(N2CCN(Cc3nc(C(=O)NCc4ccccn4)co3)CC2)cc1C. The molecule has 0 saturated carbocycles. The van der Waals surface area contributed by atoms with Gasteiger partial charge in [0.2, 0.25) is 5.89 Å². The van der Waals surface area contributed by atoms with E-state index in [4.69, 9.17) is 4.42 Å². The molecule has 2 aromatic heterocycles. The van der Waals surface area contributed by atoms with Gasteiger partial charge >= 0.3 is 0 Å². The molecule has 0 aliphatic carbocycles. The number of benzene rings is 1. The summed E-state index contributed by atoms with van der Waals surface area (Å²) in [6, 6.07) is 12.2. The molecule has 3 aromatic rings. The zero-order valence-electron chi connectivity index (χ0n) is 17.5. The molecule has 0 radical (unpaired) electrons. The number of pyridine rings is 1. The largest absolute Gasteiger partial charge is 0.447 e. The number of piperazine rings is 1. The zero-order chi connectivity index (χ0) is 20.9. The predicted molar refractivity (Wildman–Crippen MR) is 115 cm³/mol. The summed E-state index contributed by atoms with van der Waals surface area (Å²) in [6.45, 7) is 9.03. The van der Waals surface area contributed by atoms with Crippen LogP contribution in [0, 0.1) is 13.8 Å². The minimum atomic E-state index is -0.254. The van der Waals surface area contributed by atoms with Gasteiger partial charge in [0.25, 0.3) is 5.91 Å². The first-order valence-corrected chi connectivity index (χ1v) is 10.3. The molecule has 7 heteroatoms. The van der Waals surface area contributed by atoms with Gasteiger partial charge in [-0.05, 0) is 49.2 Å². The van der Waals surface area contributed by atoms with Gasteiger partial charge in [0.15, 0.2) is 5.69 Å². The summed E-state index contributed by atoms with van der Waals surface area (Å²) in [5.74, 6) is 0.313. The molecule has 1 aromatic carbocycles. The minimum Gasteiger partial charge on any atom is -0.447 e. The Balaban J connectivity index is 1.27. The van der Waals surface area contributed by atoms with Crippen LogP contribution in [0.1, 0.15) is 33.2 Å². The average Bonchev–Trinajstić information content (AvgIpc) is 3.24. The molecule has 1 saturated heterocycles. The molecule has 1 amide bonds. The van der Waals surface area contributed by atoms with Crippen LogP contribution in [-0.4, -0.2) is 47.0 Å². The molecule has 0 atom stereocenters. The van der Waals surface area contributed by atoms with Crippen LogP contribution in [0.25, 0.3) is 0 Å². The van der Waals surface area contributed by atoms with Crippen molar-refractivity contribution in [1.29, 1.82) is 0 Å². The van der Waals surface area contributed by atoms with Crippen LogP contribution in [-0.2, 0) is 13.1 Å². The van der Waals surface area contributed by atoms with Gasteiger partial charge in [-0.2, -0.15) is 0 Å². The summed E-state index contributed by atoms with van der Waals surface area (Å²) in [5.41, 5.74) is 5.02. The van der Waals surface area contributed by atoms with Crippen LogP contribution in [0.3, 0.4) is 0 Å². The first-order chi connectivity index (χ1) is 14.6. The molecule has 7 nitrogen and oxygen atoms in total. The molecule has 1 aliphatic heterocycles. The van der Waals surface area contributed by atoms with E-state index in [-0.39, 0.29) is 5.91 Å². The fourth-order valence-corrected chi connectivity index (χ4v) is 3.53. The highest BCUT2D eigenvalue weighted by molar-refractivity contribution is 5.91. The number of aryl methyl sites for hydroxylation is 2. The Morgan fingerprint density at radius 1 is 1.10 bits per heavy atom. The number of amides is 1. The summed E-state index contributed by atoms with van der Waals surface area (Å²) in [4.78, 5) is 25.6. The molecule has 1 aliphatic rings. The molecule has 156 valence electrons. The van der Waals surface area contributed by atoms with Gasteiger partial charge in [-0.3, -0.25) is 14.7 Å². The fraction of sp³-hybridized carbons (Fsp3) is 0.348. The third-order valence-corrected chi connectivity index (χ3v) is 5.53. The highest BCUT2D eigenvalue weighted by atomic mass is 16.3. The number of aromatic nitrogens is 2. The number of carbonyl (C=O) groups is 1. The average molecular weight is 406 g/mol. The van der Waals surface area contributed by atoms with Gasteiger partial charge in [-0.15, -0.1) is 0 Å². The fourth-order valence-electron chi connectivity index (χ4n) is 3.53. The predicted octanol–water partition coefficient (Wildman–Crippen LogP) is 2.94. The molecule has 0 unspecified atom stereocenters. The number of anilines is 1. The maximum absolute atomic E-state index is 12.3. The van der Waals surface area contributed by atoms with Crippen molar-refractivity contribution in [1.82, 2.24) is 20.2 Å². The van der Waals surface area contributed by atoms with E-state index >= 15 is 0 Å². The van der Waals surface area contributed by atoms with Crippen LogP contribution >= 0.6 is 0 Å². The summed E-state index contributed by atoms with van der Waals surface area (Å²) >= 11 is 0. The Hall–Kier alpha value is -3.19. The van der Waals surface area contributed by atoms with Gasteiger partial charge in [0, 0.05) is 38.1 Å². The molecule has 1 fully saturated rings. The number of hydrogen-bond donors (Lipinski definition) is 1. The van der Waals surface area contributed by atoms with Crippen molar-refractivity contribution in [3.63, 3.8) is 0 Å². The summed E-state index contributed by atoms with van der Waals surface area (Å²) in [6.07, 6.45) is 3.13. The van der Waals surface area contributed by atoms with E-state index in [1.165, 1.54) is 23.1 Å². The third-order valence-electron chi connectivity index (χ3n) is 5.53. The highest BCUT2D eigenvalue weighted by Crippen LogP contribution is 2.20. The minimum absolute atomic E-state index is 0.254. The number of hydrogen-bond acceptors (Lipinski definition) is 6. The Bertz CT molecular complexity index is 994. The van der Waals surface area contributed by atoms with E-state index in [1.807, 2.05) is 18.2 Å². The first kappa shape index (κ1) is 20.1. The maximum atomic E-state index is 12.3. The Morgan fingerprint density at radius 2 is 1.93 bits per heavy atom. The van der Waals surface area contributed by atoms with Crippen molar-refractivity contribution >= 4 is 11.6 Å². The lowest BCUT2D eigenvalue weighted by atomic mass is 10.1. The van der Waals surface area contributed by atoms with Gasteiger partial charge in [-0.1, -0.05) is 12.1 Å². The van der Waals surface area contributed by atoms with Crippen molar-refractivity contribution in [2.24, 2.45) is 0 Å². The van der Waals surface area contributed by atoms with E-state index in [0.717, 1.165) is 31.9 Å². The first-order valence-electron chi connectivity index (χ1n) is 10.3. The van der Waals surface area contributed by atoms with E-state index in [1.54, 1.807) is 6.20 Å². The normalized spacial score (nSPS) is 14.7. The van der Waals surface area contributed by atoms with Crippen molar-refractivity contribution in [2.45, 2.75) is 26.9 Å². The lowest BCUT2D eigenvalue weighted by Crippen LogP contribution is -2.46. The molecule has 0 bridgehead atoms. The number of rotatable bonds is 6. The van der Waals surface area contributed by atoms with Crippen LogP contribution in [0.5, 0.6) is 0 Å². The molecule has 1 N–H and O–H groups in total. The zero-order valence-corrected chi connectivity index (χ0v) is 17.5. The quantitative estimate of drug-likeness (QED) is 0.680. The Labute approximate surface area is 176 Å². The summed E-state index contributed by atoms with van der Waals surface area (Å²) in [5, 5.41) is 2.82. The topological polar surface area (TPSA) is 74.5 Å². The van der Waals surface area contributed by atoms with Gasteiger partial charge in [-0.25, -0.2) is 4.98 Å².